The highest BCUT2D eigenvalue weighted by molar-refractivity contribution is 6.33. The van der Waals surface area contributed by atoms with Crippen molar-refractivity contribution < 1.29 is 4.79 Å². The van der Waals surface area contributed by atoms with Crippen LogP contribution in [0.2, 0.25) is 5.02 Å². The second kappa shape index (κ2) is 7.39. The molecule has 110 valence electrons. The predicted molar refractivity (Wildman–Crippen MR) is 81.4 cm³/mol. The van der Waals surface area contributed by atoms with Crippen LogP contribution in [0.1, 0.15) is 16.8 Å². The molecule has 0 radical (unpaired) electrons. The molecular formula is C13H15ClN6O. The van der Waals surface area contributed by atoms with Gasteiger partial charge in [0.05, 0.1) is 10.6 Å². The Morgan fingerprint density at radius 3 is 2.57 bits per heavy atom. The molecule has 2 rings (SSSR count). The third kappa shape index (κ3) is 4.57. The molecule has 0 spiro atoms. The van der Waals surface area contributed by atoms with E-state index >= 15 is 0 Å². The molecule has 2 heterocycles. The third-order valence-corrected chi connectivity index (χ3v) is 2.91. The SMILES string of the molecule is NC(=O)c1cnc(NCCCNc2ncccn2)c(Cl)c1. The van der Waals surface area contributed by atoms with Gasteiger partial charge in [0.15, 0.2) is 0 Å². The Labute approximate surface area is 127 Å². The van der Waals surface area contributed by atoms with Crippen LogP contribution in [-0.2, 0) is 0 Å². The monoisotopic (exact) mass is 306 g/mol. The van der Waals surface area contributed by atoms with Crippen LogP contribution in [-0.4, -0.2) is 33.9 Å². The minimum absolute atomic E-state index is 0.286. The van der Waals surface area contributed by atoms with Crippen molar-refractivity contribution in [2.24, 2.45) is 5.73 Å². The van der Waals surface area contributed by atoms with E-state index in [-0.39, 0.29) is 5.56 Å². The van der Waals surface area contributed by atoms with E-state index in [1.54, 1.807) is 18.5 Å². The van der Waals surface area contributed by atoms with Crippen molar-refractivity contribution in [2.45, 2.75) is 6.42 Å². The molecule has 0 unspecified atom stereocenters. The topological polar surface area (TPSA) is 106 Å². The smallest absolute Gasteiger partial charge is 0.250 e. The summed E-state index contributed by atoms with van der Waals surface area (Å²) < 4.78 is 0. The van der Waals surface area contributed by atoms with Crippen molar-refractivity contribution in [3.63, 3.8) is 0 Å². The van der Waals surface area contributed by atoms with Crippen molar-refractivity contribution in [1.82, 2.24) is 15.0 Å². The van der Waals surface area contributed by atoms with E-state index in [9.17, 15) is 4.79 Å². The van der Waals surface area contributed by atoms with Gasteiger partial charge in [-0.05, 0) is 18.6 Å². The number of hydrogen-bond acceptors (Lipinski definition) is 6. The van der Waals surface area contributed by atoms with E-state index in [1.807, 2.05) is 0 Å². The van der Waals surface area contributed by atoms with E-state index in [0.717, 1.165) is 6.42 Å². The maximum Gasteiger partial charge on any atom is 0.250 e. The molecule has 21 heavy (non-hydrogen) atoms. The Bertz CT molecular complexity index is 607. The van der Waals surface area contributed by atoms with E-state index in [4.69, 9.17) is 17.3 Å². The third-order valence-electron chi connectivity index (χ3n) is 2.62. The number of pyridine rings is 1. The molecule has 0 aliphatic carbocycles. The summed E-state index contributed by atoms with van der Waals surface area (Å²) in [7, 11) is 0. The molecule has 0 saturated carbocycles. The number of amides is 1. The van der Waals surface area contributed by atoms with E-state index in [0.29, 0.717) is 29.9 Å². The molecule has 0 aliphatic heterocycles. The number of rotatable bonds is 7. The Kier molecular flexibility index (Phi) is 5.28. The zero-order chi connectivity index (χ0) is 15.1. The van der Waals surface area contributed by atoms with Crippen LogP contribution < -0.4 is 16.4 Å². The molecule has 0 fully saturated rings. The first-order valence-electron chi connectivity index (χ1n) is 6.37. The lowest BCUT2D eigenvalue weighted by molar-refractivity contribution is 0.1000. The molecule has 7 nitrogen and oxygen atoms in total. The number of nitrogens with zero attached hydrogens (tertiary/aromatic N) is 3. The van der Waals surface area contributed by atoms with E-state index in [1.165, 1.54) is 12.3 Å². The van der Waals surface area contributed by atoms with E-state index < -0.39 is 5.91 Å². The molecular weight excluding hydrogens is 292 g/mol. The van der Waals surface area contributed by atoms with Crippen LogP contribution in [0.4, 0.5) is 11.8 Å². The molecule has 4 N–H and O–H groups in total. The standard InChI is InChI=1S/C13H15ClN6O/c14-10-7-9(11(15)21)8-20-12(10)16-3-1-4-17-13-18-5-2-6-19-13/h2,5-8H,1,3-4H2,(H2,15,21)(H,16,20)(H,17,18,19). The molecule has 0 atom stereocenters. The first-order chi connectivity index (χ1) is 10.2. The Hall–Kier alpha value is -2.41. The van der Waals surface area contributed by atoms with Crippen molar-refractivity contribution >= 4 is 29.3 Å². The molecule has 2 aromatic rings. The van der Waals surface area contributed by atoms with Crippen LogP contribution in [0.15, 0.2) is 30.7 Å². The normalized spacial score (nSPS) is 10.1. The number of anilines is 2. The molecule has 0 saturated heterocycles. The quantitative estimate of drug-likeness (QED) is 0.670. The summed E-state index contributed by atoms with van der Waals surface area (Å²) in [6.45, 7) is 1.39. The van der Waals surface area contributed by atoms with Gasteiger partial charge in [-0.1, -0.05) is 11.6 Å². The number of carbonyl (C=O) groups is 1. The van der Waals surface area contributed by atoms with Gasteiger partial charge < -0.3 is 16.4 Å². The fourth-order valence-corrected chi connectivity index (χ4v) is 1.82. The number of hydrogen-bond donors (Lipinski definition) is 3. The van der Waals surface area contributed by atoms with Gasteiger partial charge in [0.25, 0.3) is 0 Å². The number of primary amides is 1. The average molecular weight is 307 g/mol. The summed E-state index contributed by atoms with van der Waals surface area (Å²) in [5.41, 5.74) is 5.44. The fraction of sp³-hybridized carbons (Fsp3) is 0.231. The number of aromatic nitrogens is 3. The highest BCUT2D eigenvalue weighted by Crippen LogP contribution is 2.19. The maximum atomic E-state index is 11.0. The average Bonchev–Trinajstić information content (AvgIpc) is 2.49. The Balaban J connectivity index is 1.75. The first kappa shape index (κ1) is 15.0. The summed E-state index contributed by atoms with van der Waals surface area (Å²) in [4.78, 5) is 23.2. The van der Waals surface area contributed by atoms with Gasteiger partial charge in [-0.15, -0.1) is 0 Å². The van der Waals surface area contributed by atoms with Crippen LogP contribution in [0.3, 0.4) is 0 Å². The summed E-state index contributed by atoms with van der Waals surface area (Å²) in [5, 5.41) is 6.55. The van der Waals surface area contributed by atoms with Crippen molar-refractivity contribution in [3.05, 3.63) is 41.3 Å². The second-order valence-electron chi connectivity index (χ2n) is 4.20. The van der Waals surface area contributed by atoms with Crippen LogP contribution in [0.25, 0.3) is 0 Å². The van der Waals surface area contributed by atoms with Crippen LogP contribution in [0, 0.1) is 0 Å². The highest BCUT2D eigenvalue weighted by Gasteiger charge is 2.06. The maximum absolute atomic E-state index is 11.0. The first-order valence-corrected chi connectivity index (χ1v) is 6.74. The van der Waals surface area contributed by atoms with Gasteiger partial charge in [-0.3, -0.25) is 4.79 Å². The summed E-state index contributed by atoms with van der Waals surface area (Å²) >= 11 is 6.01. The zero-order valence-electron chi connectivity index (χ0n) is 11.2. The summed E-state index contributed by atoms with van der Waals surface area (Å²) in [6, 6.07) is 3.26. The summed E-state index contributed by atoms with van der Waals surface area (Å²) in [6.07, 6.45) is 5.58. The molecule has 1 amide bonds. The number of halogens is 1. The van der Waals surface area contributed by atoms with Crippen LogP contribution >= 0.6 is 11.6 Å². The molecule has 0 bridgehead atoms. The van der Waals surface area contributed by atoms with Crippen molar-refractivity contribution in [3.8, 4) is 0 Å². The van der Waals surface area contributed by atoms with E-state index in [2.05, 4.69) is 25.6 Å². The Morgan fingerprint density at radius 1 is 1.19 bits per heavy atom. The molecule has 0 aliphatic rings. The van der Waals surface area contributed by atoms with Crippen LogP contribution in [0.5, 0.6) is 0 Å². The van der Waals surface area contributed by atoms with Gasteiger partial charge in [-0.25, -0.2) is 15.0 Å². The largest absolute Gasteiger partial charge is 0.369 e. The number of nitrogens with two attached hydrogens (primary N) is 1. The second-order valence-corrected chi connectivity index (χ2v) is 4.61. The molecule has 0 aromatic carbocycles. The molecule has 2 aromatic heterocycles. The van der Waals surface area contributed by atoms with Crippen molar-refractivity contribution in [2.75, 3.05) is 23.7 Å². The van der Waals surface area contributed by atoms with Gasteiger partial charge in [-0.2, -0.15) is 0 Å². The lowest BCUT2D eigenvalue weighted by Crippen LogP contribution is -2.13. The minimum atomic E-state index is -0.553. The summed E-state index contributed by atoms with van der Waals surface area (Å²) in [5.74, 6) is 0.570. The predicted octanol–water partition coefficient (Wildman–Crippen LogP) is 1.54. The van der Waals surface area contributed by atoms with Gasteiger partial charge >= 0.3 is 0 Å². The number of nitrogens with one attached hydrogen (secondary N) is 2. The number of carbonyl (C=O) groups excluding carboxylic acids is 1. The zero-order valence-corrected chi connectivity index (χ0v) is 12.0. The van der Waals surface area contributed by atoms with Gasteiger partial charge in [0.2, 0.25) is 11.9 Å². The molecule has 8 heteroatoms. The Morgan fingerprint density at radius 2 is 1.90 bits per heavy atom. The fourth-order valence-electron chi connectivity index (χ4n) is 1.59. The lowest BCUT2D eigenvalue weighted by Gasteiger charge is -2.08. The van der Waals surface area contributed by atoms with Gasteiger partial charge in [0, 0.05) is 31.7 Å². The lowest BCUT2D eigenvalue weighted by atomic mass is 10.2. The van der Waals surface area contributed by atoms with Crippen molar-refractivity contribution in [1.29, 1.82) is 0 Å². The highest BCUT2D eigenvalue weighted by atomic mass is 35.5. The minimum Gasteiger partial charge on any atom is -0.369 e. The van der Waals surface area contributed by atoms with Gasteiger partial charge in [0.1, 0.15) is 5.82 Å².